The topological polar surface area (TPSA) is 12.0 Å². The van der Waals surface area contributed by atoms with Gasteiger partial charge in [-0.2, -0.15) is 0 Å². The summed E-state index contributed by atoms with van der Waals surface area (Å²) >= 11 is 0. The van der Waals surface area contributed by atoms with E-state index in [9.17, 15) is 0 Å². The molecule has 0 amide bonds. The smallest absolute Gasteiger partial charge is 0.0304 e. The summed E-state index contributed by atoms with van der Waals surface area (Å²) in [4.78, 5) is 0. The average molecular weight is 179 g/mol. The van der Waals surface area contributed by atoms with Crippen molar-refractivity contribution in [1.82, 2.24) is 5.32 Å². The molecule has 1 nitrogen and oxygen atoms in total. The van der Waals surface area contributed by atoms with Crippen LogP contribution in [-0.2, 0) is 0 Å². The normalized spacial score (nSPS) is 12.2. The molecule has 0 heterocycles. The van der Waals surface area contributed by atoms with Crippen molar-refractivity contribution in [3.63, 3.8) is 0 Å². The monoisotopic (exact) mass is 179 g/mol. The molecule has 1 heteroatoms. The van der Waals surface area contributed by atoms with E-state index in [0.717, 1.165) is 13.0 Å². The maximum Gasteiger partial charge on any atom is 0.0304 e. The minimum Gasteiger partial charge on any atom is -0.316 e. The zero-order chi connectivity index (χ0) is 10.3. The van der Waals surface area contributed by atoms with Gasteiger partial charge in [-0.05, 0) is 26.8 Å². The van der Waals surface area contributed by atoms with Crippen LogP contribution in [0.2, 0.25) is 0 Å². The average Bonchev–Trinajstić information content (AvgIpc) is 2.05. The third-order valence-corrected chi connectivity index (χ3v) is 2.14. The van der Waals surface area contributed by atoms with Crippen molar-refractivity contribution in [1.29, 1.82) is 0 Å². The first-order valence-corrected chi connectivity index (χ1v) is 4.86. The maximum absolute atomic E-state index is 3.17. The van der Waals surface area contributed by atoms with Gasteiger partial charge < -0.3 is 5.32 Å². The van der Waals surface area contributed by atoms with E-state index in [1.165, 1.54) is 11.1 Å². The fourth-order valence-electron chi connectivity index (χ4n) is 1.41. The van der Waals surface area contributed by atoms with Crippen LogP contribution in [0.3, 0.4) is 0 Å². The predicted octanol–water partition coefficient (Wildman–Crippen LogP) is 2.59. The summed E-state index contributed by atoms with van der Waals surface area (Å²) in [6, 6.07) is 0. The first-order valence-electron chi connectivity index (χ1n) is 4.86. The molecule has 0 spiro atoms. The van der Waals surface area contributed by atoms with Crippen molar-refractivity contribution in [3.8, 4) is 11.8 Å². The van der Waals surface area contributed by atoms with Gasteiger partial charge in [0.2, 0.25) is 0 Å². The molecule has 0 rings (SSSR count). The predicted molar refractivity (Wildman–Crippen MR) is 59.5 cm³/mol. The van der Waals surface area contributed by atoms with Crippen LogP contribution in [0, 0.1) is 17.8 Å². The molecule has 1 N–H and O–H groups in total. The van der Waals surface area contributed by atoms with E-state index >= 15 is 0 Å². The molecule has 13 heavy (non-hydrogen) atoms. The molecule has 0 fully saturated rings. The molecule has 0 atom stereocenters. The highest BCUT2D eigenvalue weighted by Gasteiger charge is 2.05. The summed E-state index contributed by atoms with van der Waals surface area (Å²) in [6.07, 6.45) is 0.918. The van der Waals surface area contributed by atoms with Crippen LogP contribution in [0.1, 0.15) is 34.1 Å². The van der Waals surface area contributed by atoms with Gasteiger partial charge in [-0.3, -0.25) is 0 Å². The summed E-state index contributed by atoms with van der Waals surface area (Å²) in [5.74, 6) is 6.68. The molecule has 74 valence electrons. The van der Waals surface area contributed by atoms with Crippen LogP contribution in [0.4, 0.5) is 0 Å². The Morgan fingerprint density at radius 2 is 2.00 bits per heavy atom. The minimum absolute atomic E-state index is 0.606. The van der Waals surface area contributed by atoms with Gasteiger partial charge in [-0.25, -0.2) is 0 Å². The largest absolute Gasteiger partial charge is 0.316 e. The molecular weight excluding hydrogens is 158 g/mol. The molecule has 0 aliphatic heterocycles. The van der Waals surface area contributed by atoms with Gasteiger partial charge in [0.25, 0.3) is 0 Å². The fraction of sp³-hybridized carbons (Fsp3) is 0.667. The van der Waals surface area contributed by atoms with Gasteiger partial charge >= 0.3 is 0 Å². The third kappa shape index (κ3) is 4.75. The zero-order valence-electron chi connectivity index (χ0n) is 9.49. The first kappa shape index (κ1) is 12.3. The van der Waals surface area contributed by atoms with E-state index < -0.39 is 0 Å². The number of hydrogen-bond acceptors (Lipinski definition) is 1. The van der Waals surface area contributed by atoms with E-state index in [-0.39, 0.29) is 0 Å². The highest BCUT2D eigenvalue weighted by Crippen LogP contribution is 2.17. The molecule has 0 unspecified atom stereocenters. The Hall–Kier alpha value is -0.740. The Bertz CT molecular complexity index is 225. The van der Waals surface area contributed by atoms with Crippen LogP contribution < -0.4 is 5.32 Å². The third-order valence-electron chi connectivity index (χ3n) is 2.14. The number of likely N-dealkylation sites (N-methyl/N-ethyl adjacent to an activating group) is 1. The molecule has 0 aromatic heterocycles. The number of nitrogens with one attached hydrogen (secondary N) is 1. The summed E-state index contributed by atoms with van der Waals surface area (Å²) < 4.78 is 0. The number of allylic oxidation sites excluding steroid dienone is 1. The Labute approximate surface area is 82.6 Å². The van der Waals surface area contributed by atoms with Crippen molar-refractivity contribution in [2.75, 3.05) is 13.6 Å². The zero-order valence-corrected chi connectivity index (χ0v) is 9.49. The van der Waals surface area contributed by atoms with Crippen molar-refractivity contribution in [2.24, 2.45) is 5.92 Å². The molecular formula is C12H21N. The quantitative estimate of drug-likeness (QED) is 0.516. The Kier molecular flexibility index (Phi) is 6.36. The first-order chi connectivity index (χ1) is 6.13. The van der Waals surface area contributed by atoms with Gasteiger partial charge in [0.15, 0.2) is 0 Å². The van der Waals surface area contributed by atoms with E-state index in [4.69, 9.17) is 0 Å². The van der Waals surface area contributed by atoms with Gasteiger partial charge in [0, 0.05) is 13.0 Å². The van der Waals surface area contributed by atoms with Crippen LogP contribution >= 0.6 is 0 Å². The molecule has 0 aliphatic carbocycles. The molecule has 0 radical (unpaired) electrons. The van der Waals surface area contributed by atoms with Crippen LogP contribution in [0.25, 0.3) is 0 Å². The Morgan fingerprint density at radius 1 is 1.38 bits per heavy atom. The lowest BCUT2D eigenvalue weighted by atomic mass is 9.95. The molecule has 0 aliphatic rings. The lowest BCUT2D eigenvalue weighted by Gasteiger charge is -2.13. The van der Waals surface area contributed by atoms with Crippen molar-refractivity contribution in [3.05, 3.63) is 11.1 Å². The van der Waals surface area contributed by atoms with Gasteiger partial charge in [0.05, 0.1) is 0 Å². The van der Waals surface area contributed by atoms with Gasteiger partial charge in [0.1, 0.15) is 0 Å². The molecule has 0 bridgehead atoms. The molecule has 0 saturated heterocycles. The van der Waals surface area contributed by atoms with Crippen molar-refractivity contribution in [2.45, 2.75) is 34.1 Å². The SMILES string of the molecule is CC#CC/C(=C(/C)CNC)C(C)C. The number of rotatable bonds is 4. The fourth-order valence-corrected chi connectivity index (χ4v) is 1.41. The van der Waals surface area contributed by atoms with E-state index in [0.29, 0.717) is 5.92 Å². The molecule has 0 aromatic carbocycles. The lowest BCUT2D eigenvalue weighted by Crippen LogP contribution is -2.12. The van der Waals surface area contributed by atoms with E-state index in [1.807, 2.05) is 14.0 Å². The highest BCUT2D eigenvalue weighted by atomic mass is 14.8. The summed E-state index contributed by atoms with van der Waals surface area (Å²) in [5.41, 5.74) is 2.91. The summed E-state index contributed by atoms with van der Waals surface area (Å²) in [5, 5.41) is 3.17. The van der Waals surface area contributed by atoms with Crippen LogP contribution in [0.5, 0.6) is 0 Å². The minimum atomic E-state index is 0.606. The lowest BCUT2D eigenvalue weighted by molar-refractivity contribution is 0.722. The Morgan fingerprint density at radius 3 is 2.38 bits per heavy atom. The Balaban J connectivity index is 4.52. The maximum atomic E-state index is 3.17. The second kappa shape index (κ2) is 6.74. The molecule has 0 saturated carbocycles. The highest BCUT2D eigenvalue weighted by molar-refractivity contribution is 5.21. The van der Waals surface area contributed by atoms with Crippen molar-refractivity contribution < 1.29 is 0 Å². The van der Waals surface area contributed by atoms with E-state index in [2.05, 4.69) is 37.9 Å². The van der Waals surface area contributed by atoms with Gasteiger partial charge in [-0.1, -0.05) is 30.9 Å². The summed E-state index contributed by atoms with van der Waals surface area (Å²) in [7, 11) is 1.98. The van der Waals surface area contributed by atoms with E-state index in [1.54, 1.807) is 0 Å². The second-order valence-corrected chi connectivity index (χ2v) is 3.59. The molecule has 0 aromatic rings. The van der Waals surface area contributed by atoms with Crippen molar-refractivity contribution >= 4 is 0 Å². The van der Waals surface area contributed by atoms with Crippen LogP contribution in [0.15, 0.2) is 11.1 Å². The second-order valence-electron chi connectivity index (χ2n) is 3.59. The van der Waals surface area contributed by atoms with Gasteiger partial charge in [-0.15, -0.1) is 5.92 Å². The van der Waals surface area contributed by atoms with Crippen LogP contribution in [-0.4, -0.2) is 13.6 Å². The number of hydrogen-bond donors (Lipinski definition) is 1. The standard InChI is InChI=1S/C12H21N/c1-6-7-8-12(10(2)3)11(4)9-13-5/h10,13H,8-9H2,1-5H3/b12-11+. The summed E-state index contributed by atoms with van der Waals surface area (Å²) in [6.45, 7) is 9.51.